The molecule has 0 aliphatic heterocycles. The van der Waals surface area contributed by atoms with E-state index in [9.17, 15) is 9.90 Å². The van der Waals surface area contributed by atoms with E-state index in [1.807, 2.05) is 6.92 Å². The predicted octanol–water partition coefficient (Wildman–Crippen LogP) is 2.52. The van der Waals surface area contributed by atoms with Gasteiger partial charge < -0.3 is 10.0 Å². The molecular weight excluding hydrogens is 236 g/mol. The zero-order valence-corrected chi connectivity index (χ0v) is 10.1. The number of phenolic OH excluding ortho intramolecular Hbond substituents is 1. The minimum absolute atomic E-state index is 0.0967. The molecule has 17 heavy (non-hydrogen) atoms. The summed E-state index contributed by atoms with van der Waals surface area (Å²) < 4.78 is 0. The molecule has 1 N–H and O–H groups in total. The molecule has 88 valence electrons. The van der Waals surface area contributed by atoms with E-state index in [4.69, 9.17) is 0 Å². The number of aromatic hydroxyl groups is 1. The SMILES string of the molecule is CCN(C(=O)c1cncs1)c1cccc(O)c1. The van der Waals surface area contributed by atoms with Gasteiger partial charge in [-0.15, -0.1) is 11.3 Å². The van der Waals surface area contributed by atoms with Crippen molar-refractivity contribution in [1.82, 2.24) is 4.98 Å². The molecular formula is C12H12N2O2S. The van der Waals surface area contributed by atoms with E-state index in [0.29, 0.717) is 17.1 Å². The van der Waals surface area contributed by atoms with Gasteiger partial charge in [0.25, 0.3) is 5.91 Å². The van der Waals surface area contributed by atoms with Crippen molar-refractivity contribution in [3.05, 3.63) is 40.8 Å². The summed E-state index contributed by atoms with van der Waals surface area (Å²) in [4.78, 5) is 18.3. The van der Waals surface area contributed by atoms with Gasteiger partial charge in [-0.3, -0.25) is 9.78 Å². The molecule has 5 heteroatoms. The van der Waals surface area contributed by atoms with Crippen LogP contribution in [0.5, 0.6) is 5.75 Å². The summed E-state index contributed by atoms with van der Waals surface area (Å²) in [5, 5.41) is 9.42. The van der Waals surface area contributed by atoms with Crippen LogP contribution in [0, 0.1) is 0 Å². The number of benzene rings is 1. The molecule has 0 radical (unpaired) electrons. The Balaban J connectivity index is 2.31. The number of nitrogens with zero attached hydrogens (tertiary/aromatic N) is 2. The van der Waals surface area contributed by atoms with Crippen molar-refractivity contribution in [3.8, 4) is 5.75 Å². The first-order valence-electron chi connectivity index (χ1n) is 5.21. The smallest absolute Gasteiger partial charge is 0.269 e. The number of carbonyl (C=O) groups excluding carboxylic acids is 1. The Kier molecular flexibility index (Phi) is 3.39. The third-order valence-electron chi connectivity index (χ3n) is 2.35. The molecule has 1 aromatic carbocycles. The van der Waals surface area contributed by atoms with Crippen LogP contribution in [0.25, 0.3) is 0 Å². The van der Waals surface area contributed by atoms with Crippen molar-refractivity contribution in [1.29, 1.82) is 0 Å². The van der Waals surface area contributed by atoms with Crippen LogP contribution in [0.15, 0.2) is 36.0 Å². The van der Waals surface area contributed by atoms with Crippen molar-refractivity contribution in [2.24, 2.45) is 0 Å². The van der Waals surface area contributed by atoms with E-state index in [2.05, 4.69) is 4.98 Å². The van der Waals surface area contributed by atoms with Crippen LogP contribution < -0.4 is 4.90 Å². The largest absolute Gasteiger partial charge is 0.508 e. The maximum absolute atomic E-state index is 12.2. The van der Waals surface area contributed by atoms with Gasteiger partial charge in [0.15, 0.2) is 0 Å². The first-order chi connectivity index (χ1) is 8.22. The second-order valence-corrected chi connectivity index (χ2v) is 4.32. The molecule has 2 rings (SSSR count). The van der Waals surface area contributed by atoms with Crippen LogP contribution in [0.4, 0.5) is 5.69 Å². The Labute approximate surface area is 103 Å². The molecule has 4 nitrogen and oxygen atoms in total. The molecule has 1 aromatic heterocycles. The van der Waals surface area contributed by atoms with E-state index < -0.39 is 0 Å². The normalized spacial score (nSPS) is 10.2. The second kappa shape index (κ2) is 4.97. The summed E-state index contributed by atoms with van der Waals surface area (Å²) in [6.45, 7) is 2.43. The Morgan fingerprint density at radius 2 is 2.35 bits per heavy atom. The molecule has 0 aliphatic rings. The van der Waals surface area contributed by atoms with E-state index in [-0.39, 0.29) is 11.7 Å². The molecule has 2 aromatic rings. The standard InChI is InChI=1S/C12H12N2O2S/c1-2-14(9-4-3-5-10(15)6-9)12(16)11-7-13-8-17-11/h3-8,15H,2H2,1H3. The zero-order chi connectivity index (χ0) is 12.3. The van der Waals surface area contributed by atoms with Crippen LogP contribution in [-0.2, 0) is 0 Å². The van der Waals surface area contributed by atoms with Gasteiger partial charge in [0.05, 0.1) is 11.7 Å². The van der Waals surface area contributed by atoms with Crippen LogP contribution in [-0.4, -0.2) is 22.5 Å². The summed E-state index contributed by atoms with van der Waals surface area (Å²) in [7, 11) is 0. The fourth-order valence-corrected chi connectivity index (χ4v) is 2.13. The molecule has 1 amide bonds. The van der Waals surface area contributed by atoms with Gasteiger partial charge in [-0.2, -0.15) is 0 Å². The molecule has 0 saturated carbocycles. The lowest BCUT2D eigenvalue weighted by Gasteiger charge is -2.20. The zero-order valence-electron chi connectivity index (χ0n) is 9.33. The van der Waals surface area contributed by atoms with Crippen LogP contribution in [0.2, 0.25) is 0 Å². The monoisotopic (exact) mass is 248 g/mol. The summed E-state index contributed by atoms with van der Waals surface area (Å²) in [5.41, 5.74) is 2.31. The predicted molar refractivity (Wildman–Crippen MR) is 67.6 cm³/mol. The molecule has 0 spiro atoms. The van der Waals surface area contributed by atoms with Crippen molar-refractivity contribution in [2.45, 2.75) is 6.92 Å². The van der Waals surface area contributed by atoms with E-state index in [1.165, 1.54) is 11.3 Å². The van der Waals surface area contributed by atoms with Crippen molar-refractivity contribution in [3.63, 3.8) is 0 Å². The molecule has 0 unspecified atom stereocenters. The number of hydrogen-bond donors (Lipinski definition) is 1. The van der Waals surface area contributed by atoms with E-state index in [1.54, 1.807) is 40.9 Å². The van der Waals surface area contributed by atoms with E-state index >= 15 is 0 Å². The third kappa shape index (κ3) is 2.45. The number of hydrogen-bond acceptors (Lipinski definition) is 4. The quantitative estimate of drug-likeness (QED) is 0.908. The fourth-order valence-electron chi connectivity index (χ4n) is 1.56. The first kappa shape index (κ1) is 11.6. The van der Waals surface area contributed by atoms with Crippen molar-refractivity contribution >= 4 is 22.9 Å². The molecule has 0 saturated heterocycles. The van der Waals surface area contributed by atoms with Gasteiger partial charge in [-0.05, 0) is 19.1 Å². The first-order valence-corrected chi connectivity index (χ1v) is 6.09. The van der Waals surface area contributed by atoms with Crippen LogP contribution in [0.1, 0.15) is 16.6 Å². The van der Waals surface area contributed by atoms with Gasteiger partial charge >= 0.3 is 0 Å². The Morgan fingerprint density at radius 3 is 2.94 bits per heavy atom. The average Bonchev–Trinajstić information content (AvgIpc) is 2.83. The van der Waals surface area contributed by atoms with Gasteiger partial charge in [0, 0.05) is 18.3 Å². The minimum atomic E-state index is -0.0967. The lowest BCUT2D eigenvalue weighted by atomic mass is 10.2. The maximum atomic E-state index is 12.2. The Morgan fingerprint density at radius 1 is 1.53 bits per heavy atom. The minimum Gasteiger partial charge on any atom is -0.508 e. The summed E-state index contributed by atoms with van der Waals surface area (Å²) in [6, 6.07) is 6.66. The topological polar surface area (TPSA) is 53.4 Å². The molecule has 0 fully saturated rings. The van der Waals surface area contributed by atoms with Gasteiger partial charge in [-0.1, -0.05) is 6.07 Å². The number of rotatable bonds is 3. The average molecular weight is 248 g/mol. The Bertz CT molecular complexity index is 511. The van der Waals surface area contributed by atoms with E-state index in [0.717, 1.165) is 0 Å². The highest BCUT2D eigenvalue weighted by Crippen LogP contribution is 2.22. The van der Waals surface area contributed by atoms with Gasteiger partial charge in [0.2, 0.25) is 0 Å². The number of carbonyl (C=O) groups is 1. The fraction of sp³-hybridized carbons (Fsp3) is 0.167. The number of anilines is 1. The highest BCUT2D eigenvalue weighted by Gasteiger charge is 2.17. The highest BCUT2D eigenvalue weighted by atomic mass is 32.1. The third-order valence-corrected chi connectivity index (χ3v) is 3.11. The lowest BCUT2D eigenvalue weighted by molar-refractivity contribution is 0.0992. The van der Waals surface area contributed by atoms with Crippen LogP contribution in [0.3, 0.4) is 0 Å². The van der Waals surface area contributed by atoms with Crippen molar-refractivity contribution in [2.75, 3.05) is 11.4 Å². The second-order valence-electron chi connectivity index (χ2n) is 3.43. The molecule has 1 heterocycles. The summed E-state index contributed by atoms with van der Waals surface area (Å²) >= 11 is 1.31. The molecule has 0 aliphatic carbocycles. The van der Waals surface area contributed by atoms with Crippen LogP contribution >= 0.6 is 11.3 Å². The van der Waals surface area contributed by atoms with Gasteiger partial charge in [0.1, 0.15) is 10.6 Å². The number of amides is 1. The number of aromatic nitrogens is 1. The Hall–Kier alpha value is -1.88. The summed E-state index contributed by atoms with van der Waals surface area (Å²) in [6.07, 6.45) is 1.55. The number of phenols is 1. The van der Waals surface area contributed by atoms with Crippen molar-refractivity contribution < 1.29 is 9.90 Å². The maximum Gasteiger partial charge on any atom is 0.269 e. The van der Waals surface area contributed by atoms with Gasteiger partial charge in [-0.25, -0.2) is 0 Å². The highest BCUT2D eigenvalue weighted by molar-refractivity contribution is 7.11. The number of thiazole rings is 1. The summed E-state index contributed by atoms with van der Waals surface area (Å²) in [5.74, 6) is 0.0543. The molecule has 0 bridgehead atoms. The molecule has 0 atom stereocenters. The lowest BCUT2D eigenvalue weighted by Crippen LogP contribution is -2.29.